The van der Waals surface area contributed by atoms with Crippen LogP contribution in [0, 0.1) is 0 Å². The molecule has 0 aliphatic rings. The van der Waals surface area contributed by atoms with E-state index in [9.17, 15) is 19.4 Å². The molecule has 3 unspecified atom stereocenters. The number of likely N-dealkylation sites (N-methyl/N-ethyl adjacent to an activating group) is 1. The molecule has 0 aliphatic carbocycles. The number of phosphoric acid groups is 1. The fourth-order valence-corrected chi connectivity index (χ4v) is 9.96. The topological polar surface area (TPSA) is 105 Å². The zero-order valence-corrected chi connectivity index (χ0v) is 46.1. The molecule has 0 rings (SSSR count). The van der Waals surface area contributed by atoms with E-state index in [0.29, 0.717) is 23.9 Å². The van der Waals surface area contributed by atoms with E-state index in [4.69, 9.17) is 9.05 Å². The number of aliphatic hydroxyl groups is 1. The third-order valence-corrected chi connectivity index (χ3v) is 14.8. The molecule has 0 heterocycles. The minimum atomic E-state index is -4.32. The van der Waals surface area contributed by atoms with Crippen LogP contribution in [0.2, 0.25) is 0 Å². The Hall–Kier alpha value is -0.500. The van der Waals surface area contributed by atoms with Crippen molar-refractivity contribution in [1.82, 2.24) is 5.32 Å². The highest BCUT2D eigenvalue weighted by molar-refractivity contribution is 7.47. The number of quaternary nitrogens is 1. The summed E-state index contributed by atoms with van der Waals surface area (Å²) in [4.78, 5) is 23.3. The van der Waals surface area contributed by atoms with E-state index in [1.165, 1.54) is 244 Å². The molecular weight excluding hydrogens is 840 g/mol. The van der Waals surface area contributed by atoms with Crippen molar-refractivity contribution in [2.45, 2.75) is 321 Å². The first-order valence-electron chi connectivity index (χ1n) is 29.4. The Bertz CT molecular complexity index is 1040. The zero-order valence-electron chi connectivity index (χ0n) is 45.2. The van der Waals surface area contributed by atoms with E-state index in [1.807, 2.05) is 21.1 Å². The van der Waals surface area contributed by atoms with E-state index in [0.717, 1.165) is 38.5 Å². The second-order valence-corrected chi connectivity index (χ2v) is 23.2. The molecule has 0 aromatic carbocycles. The van der Waals surface area contributed by atoms with Gasteiger partial charge in [-0.15, -0.1) is 0 Å². The SMILES string of the molecule is CCCCCCCCCCCCCCCCCCCCCCCCCCCCC(=O)NC(COP(=O)(O)OCC[N+](C)(C)C)C(O)CCCCCCCCCCCCCCCCCCCC. The Balaban J connectivity index is 4.08. The minimum absolute atomic E-state index is 0.0791. The van der Waals surface area contributed by atoms with Gasteiger partial charge in [0, 0.05) is 6.42 Å². The smallest absolute Gasteiger partial charge is 0.391 e. The lowest BCUT2D eigenvalue weighted by atomic mass is 10.0. The van der Waals surface area contributed by atoms with Gasteiger partial charge in [-0.05, 0) is 12.8 Å². The Labute approximate surface area is 412 Å². The highest BCUT2D eigenvalue weighted by Crippen LogP contribution is 2.43. The number of nitrogens with one attached hydrogen (secondary N) is 1. The average molecular weight is 959 g/mol. The predicted octanol–water partition coefficient (Wildman–Crippen LogP) is 17.7. The summed E-state index contributed by atoms with van der Waals surface area (Å²) in [5.41, 5.74) is 0. The highest BCUT2D eigenvalue weighted by Gasteiger charge is 2.28. The molecule has 0 aliphatic heterocycles. The number of amides is 1. The van der Waals surface area contributed by atoms with Crippen LogP contribution in [-0.4, -0.2) is 73.4 Å². The molecule has 9 heteroatoms. The van der Waals surface area contributed by atoms with Gasteiger partial charge in [-0.3, -0.25) is 13.8 Å². The van der Waals surface area contributed by atoms with Crippen LogP contribution in [0.25, 0.3) is 0 Å². The summed E-state index contributed by atoms with van der Waals surface area (Å²) in [7, 11) is 1.64. The summed E-state index contributed by atoms with van der Waals surface area (Å²) >= 11 is 0. The summed E-state index contributed by atoms with van der Waals surface area (Å²) in [5, 5.41) is 14.1. The molecule has 0 saturated heterocycles. The second kappa shape index (κ2) is 49.5. The quantitative estimate of drug-likeness (QED) is 0.0319. The Morgan fingerprint density at radius 2 is 0.727 bits per heavy atom. The predicted molar refractivity (Wildman–Crippen MR) is 286 cm³/mol. The van der Waals surface area contributed by atoms with E-state index in [-0.39, 0.29) is 19.1 Å². The molecule has 1 amide bonds. The molecule has 0 fully saturated rings. The van der Waals surface area contributed by atoms with Gasteiger partial charge < -0.3 is 19.8 Å². The van der Waals surface area contributed by atoms with Crippen molar-refractivity contribution in [2.24, 2.45) is 0 Å². The van der Waals surface area contributed by atoms with Crippen LogP contribution in [-0.2, 0) is 18.4 Å². The van der Waals surface area contributed by atoms with Gasteiger partial charge in [0.2, 0.25) is 5.91 Å². The number of carbonyl (C=O) groups is 1. The van der Waals surface area contributed by atoms with Gasteiger partial charge in [0.05, 0.1) is 39.9 Å². The summed E-state index contributed by atoms with van der Waals surface area (Å²) in [6.07, 6.45) is 58.7. The van der Waals surface area contributed by atoms with Crippen molar-refractivity contribution >= 4 is 13.7 Å². The Kier molecular flexibility index (Phi) is 49.1. The van der Waals surface area contributed by atoms with Crippen LogP contribution in [0.5, 0.6) is 0 Å². The zero-order chi connectivity index (χ0) is 48.5. The Morgan fingerprint density at radius 1 is 0.455 bits per heavy atom. The second-order valence-electron chi connectivity index (χ2n) is 21.7. The third-order valence-electron chi connectivity index (χ3n) is 13.9. The molecule has 0 saturated carbocycles. The molecule has 66 heavy (non-hydrogen) atoms. The molecule has 0 spiro atoms. The van der Waals surface area contributed by atoms with Crippen molar-refractivity contribution in [3.8, 4) is 0 Å². The van der Waals surface area contributed by atoms with E-state index in [2.05, 4.69) is 19.2 Å². The summed E-state index contributed by atoms with van der Waals surface area (Å²) in [5.74, 6) is -0.136. The van der Waals surface area contributed by atoms with Gasteiger partial charge >= 0.3 is 7.82 Å². The van der Waals surface area contributed by atoms with Gasteiger partial charge in [0.15, 0.2) is 0 Å². The number of hydrogen-bond donors (Lipinski definition) is 3. The van der Waals surface area contributed by atoms with Crippen LogP contribution >= 0.6 is 7.82 Å². The molecule has 3 N–H and O–H groups in total. The number of nitrogens with zero attached hydrogens (tertiary/aromatic N) is 1. The van der Waals surface area contributed by atoms with Crippen molar-refractivity contribution in [3.63, 3.8) is 0 Å². The van der Waals surface area contributed by atoms with Crippen LogP contribution in [0.1, 0.15) is 309 Å². The average Bonchev–Trinajstić information content (AvgIpc) is 3.28. The normalized spacial score (nSPS) is 13.9. The first-order chi connectivity index (χ1) is 32.0. The largest absolute Gasteiger partial charge is 0.472 e. The number of phosphoric ester groups is 1. The van der Waals surface area contributed by atoms with E-state index in [1.54, 1.807) is 0 Å². The van der Waals surface area contributed by atoms with Crippen LogP contribution in [0.15, 0.2) is 0 Å². The van der Waals surface area contributed by atoms with Crippen molar-refractivity contribution in [3.05, 3.63) is 0 Å². The lowest BCUT2D eigenvalue weighted by Gasteiger charge is -2.26. The van der Waals surface area contributed by atoms with Crippen LogP contribution in [0.3, 0.4) is 0 Å². The van der Waals surface area contributed by atoms with Crippen molar-refractivity contribution < 1.29 is 32.9 Å². The fraction of sp³-hybridized carbons (Fsp3) is 0.982. The number of unbranched alkanes of at least 4 members (excludes halogenated alkanes) is 42. The first kappa shape index (κ1) is 65.5. The third kappa shape index (κ3) is 51.4. The van der Waals surface area contributed by atoms with Crippen molar-refractivity contribution in [1.29, 1.82) is 0 Å². The number of hydrogen-bond acceptors (Lipinski definition) is 5. The first-order valence-corrected chi connectivity index (χ1v) is 30.9. The van der Waals surface area contributed by atoms with Gasteiger partial charge in [0.1, 0.15) is 13.2 Å². The number of carbonyl (C=O) groups excluding carboxylic acids is 1. The monoisotopic (exact) mass is 958 g/mol. The molecule has 0 aromatic heterocycles. The molecule has 8 nitrogen and oxygen atoms in total. The molecule has 3 atom stereocenters. The lowest BCUT2D eigenvalue weighted by Crippen LogP contribution is -2.46. The minimum Gasteiger partial charge on any atom is -0.391 e. The summed E-state index contributed by atoms with van der Waals surface area (Å²) in [6, 6.07) is -0.755. The molecule has 0 aromatic rings. The fourth-order valence-electron chi connectivity index (χ4n) is 9.23. The van der Waals surface area contributed by atoms with Gasteiger partial charge in [-0.2, -0.15) is 0 Å². The maximum Gasteiger partial charge on any atom is 0.472 e. The van der Waals surface area contributed by atoms with Gasteiger partial charge in [-0.1, -0.05) is 290 Å². The molecule has 0 radical (unpaired) electrons. The van der Waals surface area contributed by atoms with Crippen LogP contribution in [0.4, 0.5) is 0 Å². The summed E-state index contributed by atoms with van der Waals surface area (Å²) in [6.45, 7) is 4.95. The number of rotatable bonds is 55. The highest BCUT2D eigenvalue weighted by atomic mass is 31.2. The number of aliphatic hydroxyl groups excluding tert-OH is 1. The lowest BCUT2D eigenvalue weighted by molar-refractivity contribution is -0.870. The standard InChI is InChI=1S/C57H117N2O6P/c1-6-8-10-12-14-16-18-20-22-24-26-27-28-29-30-31-32-33-35-37-39-41-43-45-47-49-51-57(61)58-55(54-65-66(62,63)64-53-52-59(3,4)5)56(60)50-48-46-44-42-40-38-36-34-25-23-21-19-17-15-13-11-9-7-2/h55-56,60H,6-54H2,1-5H3,(H-,58,61,62,63)/p+1. The molecule has 396 valence electrons. The maximum atomic E-state index is 13.0. The van der Waals surface area contributed by atoms with Gasteiger partial charge in [0.25, 0.3) is 0 Å². The van der Waals surface area contributed by atoms with E-state index >= 15 is 0 Å². The van der Waals surface area contributed by atoms with Crippen LogP contribution < -0.4 is 5.32 Å². The summed E-state index contributed by atoms with van der Waals surface area (Å²) < 4.78 is 23.8. The molecule has 0 bridgehead atoms. The van der Waals surface area contributed by atoms with Crippen molar-refractivity contribution in [2.75, 3.05) is 40.9 Å². The Morgan fingerprint density at radius 3 is 1.02 bits per heavy atom. The van der Waals surface area contributed by atoms with E-state index < -0.39 is 20.0 Å². The molecular formula is C57H118N2O6P+. The maximum absolute atomic E-state index is 13.0. The van der Waals surface area contributed by atoms with Gasteiger partial charge in [-0.25, -0.2) is 4.57 Å².